The lowest BCUT2D eigenvalue weighted by Gasteiger charge is -2.25. The maximum atomic E-state index is 5.84. The lowest BCUT2D eigenvalue weighted by atomic mass is 10.1. The zero-order valence-electron chi connectivity index (χ0n) is 12.7. The van der Waals surface area contributed by atoms with Gasteiger partial charge in [-0.3, -0.25) is 0 Å². The summed E-state index contributed by atoms with van der Waals surface area (Å²) < 4.78 is 10.3. The van der Waals surface area contributed by atoms with Crippen LogP contribution in [-0.4, -0.2) is 31.2 Å². The van der Waals surface area contributed by atoms with Gasteiger partial charge in [0.15, 0.2) is 0 Å². The summed E-state index contributed by atoms with van der Waals surface area (Å²) >= 11 is 0. The van der Waals surface area contributed by atoms with Crippen molar-refractivity contribution in [1.29, 1.82) is 0 Å². The van der Waals surface area contributed by atoms with Crippen LogP contribution in [0.2, 0.25) is 0 Å². The van der Waals surface area contributed by atoms with Gasteiger partial charge in [-0.05, 0) is 24.6 Å². The summed E-state index contributed by atoms with van der Waals surface area (Å²) in [6, 6.07) is 9.46. The Morgan fingerprint density at radius 1 is 1.10 bits per heavy atom. The summed E-state index contributed by atoms with van der Waals surface area (Å²) in [6.07, 6.45) is 0. The number of nitrogens with zero attached hydrogens (tertiary/aromatic N) is 3. The molecule has 112 valence electrons. The lowest BCUT2D eigenvalue weighted by Crippen LogP contribution is -2.24. The Hall–Kier alpha value is -2.50. The first-order valence-corrected chi connectivity index (χ1v) is 6.60. The molecule has 0 bridgehead atoms. The molecule has 0 radical (unpaired) electrons. The SMILES string of the molecule is COc1cc(OC)nc(N(C)C(C)c2cccc(N)c2)n1. The Balaban J connectivity index is 2.32. The van der Waals surface area contributed by atoms with Gasteiger partial charge < -0.3 is 20.1 Å². The molecule has 0 spiro atoms. The van der Waals surface area contributed by atoms with Gasteiger partial charge in [0.05, 0.1) is 26.3 Å². The van der Waals surface area contributed by atoms with Gasteiger partial charge in [-0.15, -0.1) is 0 Å². The number of benzene rings is 1. The normalized spacial score (nSPS) is 11.8. The van der Waals surface area contributed by atoms with Crippen molar-refractivity contribution >= 4 is 11.6 Å². The van der Waals surface area contributed by atoms with E-state index in [1.165, 1.54) is 0 Å². The number of anilines is 2. The average Bonchev–Trinajstić information content (AvgIpc) is 2.52. The van der Waals surface area contributed by atoms with Crippen LogP contribution in [0.5, 0.6) is 11.8 Å². The third kappa shape index (κ3) is 3.34. The Kier molecular flexibility index (Phi) is 4.47. The van der Waals surface area contributed by atoms with Gasteiger partial charge in [0.25, 0.3) is 0 Å². The fourth-order valence-corrected chi connectivity index (χ4v) is 1.97. The van der Waals surface area contributed by atoms with Crippen LogP contribution in [0.1, 0.15) is 18.5 Å². The molecule has 1 aromatic carbocycles. The molecule has 0 saturated carbocycles. The quantitative estimate of drug-likeness (QED) is 0.851. The minimum atomic E-state index is 0.0605. The fraction of sp³-hybridized carbons (Fsp3) is 0.333. The second-order valence-corrected chi connectivity index (χ2v) is 4.71. The molecule has 1 aromatic heterocycles. The number of ether oxygens (including phenoxy) is 2. The number of nitrogen functional groups attached to an aromatic ring is 1. The standard InChI is InChI=1S/C15H20N4O2/c1-10(11-6-5-7-12(16)8-11)19(2)15-17-13(20-3)9-14(18-15)21-4/h5-10H,16H2,1-4H3. The van der Waals surface area contributed by atoms with Gasteiger partial charge in [-0.2, -0.15) is 9.97 Å². The van der Waals surface area contributed by atoms with Crippen LogP contribution in [0, 0.1) is 0 Å². The van der Waals surface area contributed by atoms with E-state index >= 15 is 0 Å². The van der Waals surface area contributed by atoms with Crippen molar-refractivity contribution in [3.63, 3.8) is 0 Å². The van der Waals surface area contributed by atoms with Crippen molar-refractivity contribution in [2.75, 3.05) is 31.9 Å². The number of aromatic nitrogens is 2. The van der Waals surface area contributed by atoms with Crippen LogP contribution < -0.4 is 20.1 Å². The molecule has 1 atom stereocenters. The van der Waals surface area contributed by atoms with Gasteiger partial charge in [0.2, 0.25) is 17.7 Å². The third-order valence-electron chi connectivity index (χ3n) is 3.38. The van der Waals surface area contributed by atoms with Crippen LogP contribution in [-0.2, 0) is 0 Å². The molecule has 0 fully saturated rings. The van der Waals surface area contributed by atoms with Crippen molar-refractivity contribution in [3.05, 3.63) is 35.9 Å². The highest BCUT2D eigenvalue weighted by Gasteiger charge is 2.17. The molecule has 2 aromatic rings. The number of rotatable bonds is 5. The molecule has 0 amide bonds. The predicted molar refractivity (Wildman–Crippen MR) is 82.8 cm³/mol. The van der Waals surface area contributed by atoms with E-state index in [4.69, 9.17) is 15.2 Å². The van der Waals surface area contributed by atoms with E-state index in [-0.39, 0.29) is 6.04 Å². The summed E-state index contributed by atoms with van der Waals surface area (Å²) in [6.45, 7) is 2.06. The maximum absolute atomic E-state index is 5.84. The first kappa shape index (κ1) is 14.9. The predicted octanol–water partition coefficient (Wildman–Crippen LogP) is 2.27. The zero-order valence-corrected chi connectivity index (χ0v) is 12.7. The molecule has 6 nitrogen and oxygen atoms in total. The maximum Gasteiger partial charge on any atom is 0.232 e. The summed E-state index contributed by atoms with van der Waals surface area (Å²) in [4.78, 5) is 10.6. The molecule has 0 aliphatic rings. The molecule has 1 unspecified atom stereocenters. The van der Waals surface area contributed by atoms with Crippen molar-refractivity contribution in [2.45, 2.75) is 13.0 Å². The number of hydrogen-bond acceptors (Lipinski definition) is 6. The van der Waals surface area contributed by atoms with E-state index in [2.05, 4.69) is 16.9 Å². The molecule has 1 heterocycles. The largest absolute Gasteiger partial charge is 0.481 e. The molecule has 0 aliphatic carbocycles. The first-order chi connectivity index (χ1) is 10.0. The number of nitrogens with two attached hydrogens (primary N) is 1. The highest BCUT2D eigenvalue weighted by molar-refractivity contribution is 5.45. The Bertz CT molecular complexity index is 596. The van der Waals surface area contributed by atoms with E-state index in [9.17, 15) is 0 Å². The Morgan fingerprint density at radius 2 is 1.71 bits per heavy atom. The minimum absolute atomic E-state index is 0.0605. The number of methoxy groups -OCH3 is 2. The monoisotopic (exact) mass is 288 g/mol. The molecular weight excluding hydrogens is 268 g/mol. The second kappa shape index (κ2) is 6.30. The summed E-state index contributed by atoms with van der Waals surface area (Å²) in [5, 5.41) is 0. The molecule has 2 rings (SSSR count). The van der Waals surface area contributed by atoms with Crippen LogP contribution in [0.4, 0.5) is 11.6 Å². The van der Waals surface area contributed by atoms with Crippen molar-refractivity contribution in [3.8, 4) is 11.8 Å². The molecule has 21 heavy (non-hydrogen) atoms. The van der Waals surface area contributed by atoms with Crippen molar-refractivity contribution in [2.24, 2.45) is 0 Å². The highest BCUT2D eigenvalue weighted by atomic mass is 16.5. The van der Waals surface area contributed by atoms with Gasteiger partial charge in [-0.1, -0.05) is 12.1 Å². The van der Waals surface area contributed by atoms with E-state index in [1.807, 2.05) is 36.2 Å². The van der Waals surface area contributed by atoms with Crippen molar-refractivity contribution in [1.82, 2.24) is 9.97 Å². The van der Waals surface area contributed by atoms with Gasteiger partial charge in [0, 0.05) is 12.7 Å². The highest BCUT2D eigenvalue weighted by Crippen LogP contribution is 2.27. The van der Waals surface area contributed by atoms with Gasteiger partial charge in [0.1, 0.15) is 0 Å². The molecule has 0 aliphatic heterocycles. The van der Waals surface area contributed by atoms with Gasteiger partial charge >= 0.3 is 0 Å². The van der Waals surface area contributed by atoms with E-state index in [1.54, 1.807) is 20.3 Å². The van der Waals surface area contributed by atoms with Crippen LogP contribution in [0.25, 0.3) is 0 Å². The summed E-state index contributed by atoms with van der Waals surface area (Å²) in [5.41, 5.74) is 7.66. The minimum Gasteiger partial charge on any atom is -0.481 e. The average molecular weight is 288 g/mol. The topological polar surface area (TPSA) is 73.5 Å². The summed E-state index contributed by atoms with van der Waals surface area (Å²) in [7, 11) is 5.04. The summed E-state index contributed by atoms with van der Waals surface area (Å²) in [5.74, 6) is 1.45. The zero-order chi connectivity index (χ0) is 15.4. The second-order valence-electron chi connectivity index (χ2n) is 4.71. The van der Waals surface area contributed by atoms with E-state index in [0.717, 1.165) is 11.3 Å². The molecule has 6 heteroatoms. The first-order valence-electron chi connectivity index (χ1n) is 6.60. The smallest absolute Gasteiger partial charge is 0.232 e. The van der Waals surface area contributed by atoms with E-state index < -0.39 is 0 Å². The Labute approximate surface area is 124 Å². The fourth-order valence-electron chi connectivity index (χ4n) is 1.97. The Morgan fingerprint density at radius 3 is 2.24 bits per heavy atom. The molecule has 0 saturated heterocycles. The lowest BCUT2D eigenvalue weighted by molar-refractivity contribution is 0.371. The molecule has 2 N–H and O–H groups in total. The number of hydrogen-bond donors (Lipinski definition) is 1. The molecular formula is C15H20N4O2. The van der Waals surface area contributed by atoms with Crippen molar-refractivity contribution < 1.29 is 9.47 Å². The van der Waals surface area contributed by atoms with Crippen LogP contribution in [0.3, 0.4) is 0 Å². The van der Waals surface area contributed by atoms with Crippen LogP contribution >= 0.6 is 0 Å². The van der Waals surface area contributed by atoms with Gasteiger partial charge in [-0.25, -0.2) is 0 Å². The third-order valence-corrected chi connectivity index (χ3v) is 3.38. The van der Waals surface area contributed by atoms with E-state index in [0.29, 0.717) is 17.7 Å². The van der Waals surface area contributed by atoms with Crippen LogP contribution in [0.15, 0.2) is 30.3 Å².